The molecule has 1 aromatic heterocycles. The van der Waals surface area contributed by atoms with Crippen LogP contribution in [0.1, 0.15) is 77.9 Å². The topological polar surface area (TPSA) is 180 Å². The fourth-order valence-electron chi connectivity index (χ4n) is 4.29. The Hall–Kier alpha value is -3.19. The Balaban J connectivity index is 1.56. The fourth-order valence-corrected chi connectivity index (χ4v) is 5.62. The van der Waals surface area contributed by atoms with Gasteiger partial charge in [-0.3, -0.25) is 18.4 Å². The zero-order chi connectivity index (χ0) is 33.5. The first kappa shape index (κ1) is 39.0. The van der Waals surface area contributed by atoms with Crippen molar-refractivity contribution in [2.45, 2.75) is 90.1 Å². The molecular formula is C32H51N6O7P. The number of ether oxygens (including phenoxy) is 1. The normalized spacial score (nSPS) is 20.2. The number of aliphatic hydroxyl groups excluding tert-OH is 1. The minimum atomic E-state index is -3.75. The first-order valence-corrected chi connectivity index (χ1v) is 17.5. The van der Waals surface area contributed by atoms with Crippen LogP contribution in [-0.2, 0) is 23.1 Å². The van der Waals surface area contributed by atoms with Crippen LogP contribution < -0.4 is 21.8 Å². The van der Waals surface area contributed by atoms with Crippen molar-refractivity contribution in [2.75, 3.05) is 32.0 Å². The lowest BCUT2D eigenvalue weighted by Crippen LogP contribution is -2.32. The summed E-state index contributed by atoms with van der Waals surface area (Å²) in [6.45, 7) is 4.03. The van der Waals surface area contributed by atoms with Crippen molar-refractivity contribution in [1.29, 1.82) is 0 Å². The van der Waals surface area contributed by atoms with E-state index in [0.717, 1.165) is 49.5 Å². The predicted octanol–water partition coefficient (Wildman–Crippen LogP) is 4.66. The number of carbonyl (C=O) groups is 1. The first-order valence-electron chi connectivity index (χ1n) is 16.0. The number of nitrogens with two attached hydrogens (primary N) is 1. The van der Waals surface area contributed by atoms with E-state index in [-0.39, 0.29) is 44.6 Å². The Morgan fingerprint density at radius 1 is 1.04 bits per heavy atom. The summed E-state index contributed by atoms with van der Waals surface area (Å²) in [7, 11) is -3.75. The number of amides is 1. The summed E-state index contributed by atoms with van der Waals surface area (Å²) in [5.41, 5.74) is 4.75. The van der Waals surface area contributed by atoms with E-state index in [1.165, 1.54) is 6.33 Å². The minimum absolute atomic E-state index is 0.0840. The Bertz CT molecular complexity index is 1280. The van der Waals surface area contributed by atoms with E-state index in [4.69, 9.17) is 19.5 Å². The average Bonchev–Trinajstić information content (AvgIpc) is 3.39. The van der Waals surface area contributed by atoms with Crippen LogP contribution >= 0.6 is 7.75 Å². The van der Waals surface area contributed by atoms with Crippen molar-refractivity contribution < 1.29 is 28.3 Å². The maximum Gasteiger partial charge on any atom is 0.405 e. The van der Waals surface area contributed by atoms with Gasteiger partial charge in [-0.1, -0.05) is 67.7 Å². The average molecular weight is 663 g/mol. The molecule has 0 saturated carbocycles. The molecule has 0 bridgehead atoms. The maximum absolute atomic E-state index is 13.1. The fraction of sp³-hybridized carbons (Fsp3) is 0.562. The summed E-state index contributed by atoms with van der Waals surface area (Å²) in [6.07, 6.45) is 26.8. The number of nitrogens with one attached hydrogen (secondary N) is 2. The molecule has 1 amide bonds. The largest absolute Gasteiger partial charge is 0.405 e. The van der Waals surface area contributed by atoms with Gasteiger partial charge in [0.1, 0.15) is 18.7 Å². The van der Waals surface area contributed by atoms with Crippen LogP contribution in [0.15, 0.2) is 71.9 Å². The first-order chi connectivity index (χ1) is 22.3. The number of aliphatic hydroxyl groups is 1. The van der Waals surface area contributed by atoms with Gasteiger partial charge < -0.3 is 20.9 Å². The molecule has 2 heterocycles. The van der Waals surface area contributed by atoms with Crippen LogP contribution in [0.5, 0.6) is 0 Å². The van der Waals surface area contributed by atoms with Crippen molar-refractivity contribution in [2.24, 2.45) is 0 Å². The lowest BCUT2D eigenvalue weighted by Gasteiger charge is -2.22. The highest BCUT2D eigenvalue weighted by atomic mass is 31.2. The van der Waals surface area contributed by atoms with Gasteiger partial charge in [0, 0.05) is 25.9 Å². The molecule has 1 aliphatic rings. The van der Waals surface area contributed by atoms with Crippen LogP contribution in [0.4, 0.5) is 5.95 Å². The van der Waals surface area contributed by atoms with Gasteiger partial charge in [0.05, 0.1) is 19.3 Å². The van der Waals surface area contributed by atoms with E-state index in [1.807, 2.05) is 0 Å². The Morgan fingerprint density at radius 3 is 2.28 bits per heavy atom. The number of aromatic nitrogens is 3. The van der Waals surface area contributed by atoms with E-state index >= 15 is 0 Å². The number of carbonyl (C=O) groups excluding carboxylic acids is 1. The number of hydrogen-bond donors (Lipinski definition) is 4. The summed E-state index contributed by atoms with van der Waals surface area (Å²) < 4.78 is 30.7. The summed E-state index contributed by atoms with van der Waals surface area (Å²) in [5, 5.41) is 15.9. The second-order valence-electron chi connectivity index (χ2n) is 10.4. The zero-order valence-electron chi connectivity index (χ0n) is 27.0. The smallest absolute Gasteiger partial charge is 0.390 e. The highest BCUT2D eigenvalue weighted by Gasteiger charge is 2.38. The van der Waals surface area contributed by atoms with Crippen molar-refractivity contribution in [3.8, 4) is 0 Å². The zero-order valence-corrected chi connectivity index (χ0v) is 27.9. The molecule has 14 heteroatoms. The van der Waals surface area contributed by atoms with Crippen LogP contribution in [-0.4, -0.2) is 64.1 Å². The van der Waals surface area contributed by atoms with E-state index in [9.17, 15) is 19.3 Å². The van der Waals surface area contributed by atoms with Crippen LogP contribution in [0.3, 0.4) is 0 Å². The number of nitrogen functional groups attached to an aromatic ring is 1. The number of rotatable bonds is 23. The SMILES string of the molecule is CCC=CCC=CCC=CCC=CCC=CCCCC(=O)NCCNP(=O)(OCC)OCC1OC(n2cnc(N)nc2=O)CC1O. The van der Waals surface area contributed by atoms with Crippen LogP contribution in [0, 0.1) is 0 Å². The number of allylic oxidation sites excluding steroid dienone is 10. The molecule has 5 N–H and O–H groups in total. The van der Waals surface area contributed by atoms with Gasteiger partial charge in [0.25, 0.3) is 0 Å². The Kier molecular flexibility index (Phi) is 19.6. The molecule has 0 aliphatic carbocycles. The minimum Gasteiger partial charge on any atom is -0.390 e. The molecule has 0 radical (unpaired) electrons. The highest BCUT2D eigenvalue weighted by Crippen LogP contribution is 2.44. The van der Waals surface area contributed by atoms with Crippen LogP contribution in [0.2, 0.25) is 0 Å². The van der Waals surface area contributed by atoms with Gasteiger partial charge in [-0.15, -0.1) is 0 Å². The quantitative estimate of drug-likeness (QED) is 0.0727. The van der Waals surface area contributed by atoms with Crippen molar-refractivity contribution in [3.05, 3.63) is 77.6 Å². The molecule has 1 saturated heterocycles. The standard InChI is InChI=1S/C32H51N6O7P/c1-3-5-6-7-8-9-10-11-12-13-14-15-16-17-18-19-20-21-29(40)34-22-23-36-46(42,43-4-2)44-25-28-27(39)24-30(45-28)38-26-35-31(33)37-32(38)41/h5-6,8-9,11-12,14-15,17-18,26-28,30,39H,3-4,7,10,13,16,19-25H2,1-2H3,(H,34,40)(H,36,42)(H2,33,37,41). The third kappa shape index (κ3) is 16.4. The Labute approximate surface area is 272 Å². The molecule has 256 valence electrons. The molecule has 4 unspecified atom stereocenters. The molecule has 1 aromatic rings. The molecule has 46 heavy (non-hydrogen) atoms. The van der Waals surface area contributed by atoms with Gasteiger partial charge in [0.15, 0.2) is 0 Å². The van der Waals surface area contributed by atoms with Gasteiger partial charge in [-0.05, 0) is 51.9 Å². The van der Waals surface area contributed by atoms with E-state index in [2.05, 4.69) is 88.1 Å². The van der Waals surface area contributed by atoms with Gasteiger partial charge in [-0.25, -0.2) is 19.4 Å². The van der Waals surface area contributed by atoms with E-state index in [1.54, 1.807) is 6.92 Å². The second kappa shape index (κ2) is 23.2. The van der Waals surface area contributed by atoms with Crippen LogP contribution in [0.25, 0.3) is 0 Å². The van der Waals surface area contributed by atoms with E-state index in [0.29, 0.717) is 6.42 Å². The highest BCUT2D eigenvalue weighted by molar-refractivity contribution is 7.51. The van der Waals surface area contributed by atoms with Crippen molar-refractivity contribution in [3.63, 3.8) is 0 Å². The van der Waals surface area contributed by atoms with Gasteiger partial charge in [0.2, 0.25) is 11.9 Å². The lowest BCUT2D eigenvalue weighted by molar-refractivity contribution is -0.121. The predicted molar refractivity (Wildman–Crippen MR) is 180 cm³/mol. The Morgan fingerprint density at radius 2 is 1.67 bits per heavy atom. The third-order valence-electron chi connectivity index (χ3n) is 6.65. The maximum atomic E-state index is 13.1. The lowest BCUT2D eigenvalue weighted by atomic mass is 10.2. The van der Waals surface area contributed by atoms with Gasteiger partial charge in [-0.2, -0.15) is 4.98 Å². The molecule has 2 rings (SSSR count). The molecule has 0 aromatic carbocycles. The summed E-state index contributed by atoms with van der Waals surface area (Å²) in [5.74, 6) is -0.266. The third-order valence-corrected chi connectivity index (χ3v) is 8.35. The van der Waals surface area contributed by atoms with Crippen molar-refractivity contribution >= 4 is 19.6 Å². The number of unbranched alkanes of at least 4 members (excludes halogenated alkanes) is 1. The second-order valence-corrected chi connectivity index (χ2v) is 12.2. The van der Waals surface area contributed by atoms with Crippen molar-refractivity contribution in [1.82, 2.24) is 24.9 Å². The molecule has 1 fully saturated rings. The monoisotopic (exact) mass is 662 g/mol. The van der Waals surface area contributed by atoms with E-state index < -0.39 is 31.9 Å². The van der Waals surface area contributed by atoms with Gasteiger partial charge >= 0.3 is 13.4 Å². The summed E-state index contributed by atoms with van der Waals surface area (Å²) in [4.78, 5) is 31.6. The molecular weight excluding hydrogens is 611 g/mol. The molecule has 13 nitrogen and oxygen atoms in total. The number of nitrogens with zero attached hydrogens (tertiary/aromatic N) is 3. The number of anilines is 1. The summed E-state index contributed by atoms with van der Waals surface area (Å²) >= 11 is 0. The molecule has 1 aliphatic heterocycles. The molecule has 4 atom stereocenters. The number of hydrogen-bond acceptors (Lipinski definition) is 10. The summed E-state index contributed by atoms with van der Waals surface area (Å²) in [6, 6.07) is 0. The molecule has 0 spiro atoms.